The monoisotopic (exact) mass is 459 g/mol. The van der Waals surface area contributed by atoms with E-state index in [4.69, 9.17) is 16.3 Å². The molecule has 0 saturated heterocycles. The van der Waals surface area contributed by atoms with E-state index in [1.165, 1.54) is 31.4 Å². The van der Waals surface area contributed by atoms with Gasteiger partial charge in [-0.2, -0.15) is 0 Å². The van der Waals surface area contributed by atoms with Crippen molar-refractivity contribution >= 4 is 44.6 Å². The van der Waals surface area contributed by atoms with E-state index in [0.29, 0.717) is 27.8 Å². The zero-order chi connectivity index (χ0) is 22.6. The second kappa shape index (κ2) is 9.28. The molecule has 0 bridgehead atoms. The molecule has 0 atom stereocenters. The molecule has 0 aliphatic heterocycles. The molecule has 2 N–H and O–H groups in total. The van der Waals surface area contributed by atoms with Gasteiger partial charge in [0.1, 0.15) is 5.75 Å². The van der Waals surface area contributed by atoms with Crippen LogP contribution in [0.2, 0.25) is 5.02 Å². The lowest BCUT2D eigenvalue weighted by molar-refractivity contribution is 0.102. The van der Waals surface area contributed by atoms with Gasteiger partial charge in [0.15, 0.2) is 0 Å². The van der Waals surface area contributed by atoms with Gasteiger partial charge in [0, 0.05) is 19.7 Å². The van der Waals surface area contributed by atoms with Crippen molar-refractivity contribution in [3.8, 4) is 5.75 Å². The number of nitrogens with one attached hydrogen (secondary N) is 2. The fourth-order valence-electron chi connectivity index (χ4n) is 3.00. The van der Waals surface area contributed by atoms with Crippen molar-refractivity contribution in [3.05, 3.63) is 77.3 Å². The number of carbonyl (C=O) groups is 1. The van der Waals surface area contributed by atoms with Crippen LogP contribution in [0.5, 0.6) is 5.75 Å². The van der Waals surface area contributed by atoms with Gasteiger partial charge in [-0.25, -0.2) is 8.42 Å². The highest BCUT2D eigenvalue weighted by atomic mass is 35.5. The number of amides is 1. The van der Waals surface area contributed by atoms with Crippen molar-refractivity contribution in [3.63, 3.8) is 0 Å². The highest BCUT2D eigenvalue weighted by molar-refractivity contribution is 7.92. The largest absolute Gasteiger partial charge is 0.495 e. The molecule has 3 aromatic rings. The van der Waals surface area contributed by atoms with E-state index in [0.717, 1.165) is 0 Å². The van der Waals surface area contributed by atoms with Crippen LogP contribution in [-0.4, -0.2) is 35.5 Å². The van der Waals surface area contributed by atoms with Gasteiger partial charge in [0.2, 0.25) is 0 Å². The zero-order valence-corrected chi connectivity index (χ0v) is 18.8. The number of sulfonamides is 1. The van der Waals surface area contributed by atoms with Crippen LogP contribution in [0.3, 0.4) is 0 Å². The smallest absolute Gasteiger partial charge is 0.262 e. The number of carbonyl (C=O) groups excluding carboxylic acids is 1. The van der Waals surface area contributed by atoms with E-state index in [-0.39, 0.29) is 10.5 Å². The van der Waals surface area contributed by atoms with Gasteiger partial charge in [-0.3, -0.25) is 9.52 Å². The summed E-state index contributed by atoms with van der Waals surface area (Å²) in [5.74, 6) is -0.0724. The van der Waals surface area contributed by atoms with E-state index in [9.17, 15) is 13.2 Å². The number of methoxy groups -OCH3 is 1. The lowest BCUT2D eigenvalue weighted by Crippen LogP contribution is -2.18. The number of hydrogen-bond donors (Lipinski definition) is 2. The van der Waals surface area contributed by atoms with Crippen molar-refractivity contribution in [1.29, 1.82) is 0 Å². The fourth-order valence-corrected chi connectivity index (χ4v) is 4.46. The standard InChI is InChI=1S/C22H22ClN3O4S/c1-26(2)21-17(23)10-7-12-19(21)24-22(27)15-8-6-9-16(14-15)31(28,29)25-18-11-4-5-13-20(18)30-3/h4-14,25H,1-3H3,(H,24,27). The van der Waals surface area contributed by atoms with Crippen molar-refractivity contribution in [2.45, 2.75) is 4.90 Å². The molecule has 0 unspecified atom stereocenters. The third-order valence-corrected chi connectivity index (χ3v) is 6.11. The molecular weight excluding hydrogens is 438 g/mol. The van der Waals surface area contributed by atoms with Gasteiger partial charge < -0.3 is 15.0 Å². The molecule has 9 heteroatoms. The Morgan fingerprint density at radius 1 is 0.968 bits per heavy atom. The zero-order valence-electron chi connectivity index (χ0n) is 17.2. The Balaban J connectivity index is 1.88. The van der Waals surface area contributed by atoms with Crippen molar-refractivity contribution in [2.24, 2.45) is 0 Å². The summed E-state index contributed by atoms with van der Waals surface area (Å²) in [6, 6.07) is 17.6. The number of para-hydroxylation sites is 3. The molecule has 0 fully saturated rings. The maximum atomic E-state index is 12.9. The Hall–Kier alpha value is -3.23. The minimum atomic E-state index is -3.94. The lowest BCUT2D eigenvalue weighted by atomic mass is 10.2. The summed E-state index contributed by atoms with van der Waals surface area (Å²) in [5.41, 5.74) is 1.66. The maximum absolute atomic E-state index is 12.9. The molecule has 3 rings (SSSR count). The highest BCUT2D eigenvalue weighted by Gasteiger charge is 2.19. The average molecular weight is 460 g/mol. The van der Waals surface area contributed by atoms with E-state index < -0.39 is 15.9 Å². The fraction of sp³-hybridized carbons (Fsp3) is 0.136. The minimum Gasteiger partial charge on any atom is -0.495 e. The predicted molar refractivity (Wildman–Crippen MR) is 124 cm³/mol. The third kappa shape index (κ3) is 5.10. The first-order valence-electron chi connectivity index (χ1n) is 9.26. The van der Waals surface area contributed by atoms with E-state index >= 15 is 0 Å². The number of hydrogen-bond acceptors (Lipinski definition) is 5. The van der Waals surface area contributed by atoms with E-state index in [1.54, 1.807) is 47.4 Å². The number of ether oxygens (including phenoxy) is 1. The van der Waals surface area contributed by atoms with Gasteiger partial charge in [-0.05, 0) is 42.5 Å². The molecule has 0 aromatic heterocycles. The molecule has 1 amide bonds. The van der Waals surface area contributed by atoms with Gasteiger partial charge >= 0.3 is 0 Å². The lowest BCUT2D eigenvalue weighted by Gasteiger charge is -2.19. The molecule has 0 heterocycles. The number of nitrogens with zero attached hydrogens (tertiary/aromatic N) is 1. The van der Waals surface area contributed by atoms with Gasteiger partial charge in [0.25, 0.3) is 15.9 Å². The van der Waals surface area contributed by atoms with Gasteiger partial charge in [0.05, 0.1) is 34.1 Å². The second-order valence-electron chi connectivity index (χ2n) is 6.82. The summed E-state index contributed by atoms with van der Waals surface area (Å²) in [4.78, 5) is 14.6. The van der Waals surface area contributed by atoms with E-state index in [2.05, 4.69) is 10.0 Å². The average Bonchev–Trinajstić information content (AvgIpc) is 2.73. The molecule has 3 aromatic carbocycles. The summed E-state index contributed by atoms with van der Waals surface area (Å²) < 4.78 is 33.4. The molecule has 0 radical (unpaired) electrons. The van der Waals surface area contributed by atoms with Crippen LogP contribution in [0.4, 0.5) is 17.1 Å². The van der Waals surface area contributed by atoms with Crippen LogP contribution in [0, 0.1) is 0 Å². The first-order chi connectivity index (χ1) is 14.7. The molecular formula is C22H22ClN3O4S. The van der Waals surface area contributed by atoms with Crippen molar-refractivity contribution in [1.82, 2.24) is 0 Å². The topological polar surface area (TPSA) is 87.7 Å². The van der Waals surface area contributed by atoms with E-state index in [1.807, 2.05) is 14.1 Å². The molecule has 7 nitrogen and oxygen atoms in total. The Morgan fingerprint density at radius 3 is 2.35 bits per heavy atom. The first-order valence-corrected chi connectivity index (χ1v) is 11.1. The Bertz CT molecular complexity index is 1210. The summed E-state index contributed by atoms with van der Waals surface area (Å²) >= 11 is 6.25. The molecule has 0 spiro atoms. The molecule has 162 valence electrons. The summed E-state index contributed by atoms with van der Waals surface area (Å²) in [5, 5.41) is 3.28. The number of anilines is 3. The second-order valence-corrected chi connectivity index (χ2v) is 8.91. The van der Waals surface area contributed by atoms with Gasteiger partial charge in [-0.1, -0.05) is 35.9 Å². The molecule has 0 aliphatic rings. The van der Waals surface area contributed by atoms with Crippen LogP contribution in [0.1, 0.15) is 10.4 Å². The molecule has 31 heavy (non-hydrogen) atoms. The summed E-state index contributed by atoms with van der Waals surface area (Å²) in [7, 11) is 1.14. The summed E-state index contributed by atoms with van der Waals surface area (Å²) in [6.45, 7) is 0. The number of halogens is 1. The van der Waals surface area contributed by atoms with Crippen molar-refractivity contribution < 1.29 is 17.9 Å². The molecule has 0 saturated carbocycles. The number of rotatable bonds is 7. The predicted octanol–water partition coefficient (Wildman–Crippen LogP) is 4.47. The van der Waals surface area contributed by atoms with Gasteiger partial charge in [-0.15, -0.1) is 0 Å². The normalized spacial score (nSPS) is 11.0. The van der Waals surface area contributed by atoms with Crippen molar-refractivity contribution in [2.75, 3.05) is 36.1 Å². The Labute approximate surface area is 186 Å². The third-order valence-electron chi connectivity index (χ3n) is 4.44. The SMILES string of the molecule is COc1ccccc1NS(=O)(=O)c1cccc(C(=O)Nc2cccc(Cl)c2N(C)C)c1. The van der Waals surface area contributed by atoms with Crippen LogP contribution >= 0.6 is 11.6 Å². The molecule has 0 aliphatic carbocycles. The Kier molecular flexibility index (Phi) is 6.72. The van der Waals surface area contributed by atoms with Crippen LogP contribution < -0.4 is 19.7 Å². The van der Waals surface area contributed by atoms with Crippen LogP contribution in [-0.2, 0) is 10.0 Å². The first kappa shape index (κ1) is 22.5. The highest BCUT2D eigenvalue weighted by Crippen LogP contribution is 2.33. The Morgan fingerprint density at radius 2 is 1.65 bits per heavy atom. The summed E-state index contributed by atoms with van der Waals surface area (Å²) in [6.07, 6.45) is 0. The maximum Gasteiger partial charge on any atom is 0.262 e. The minimum absolute atomic E-state index is 0.0509. The number of benzene rings is 3. The van der Waals surface area contributed by atoms with Crippen LogP contribution in [0.25, 0.3) is 0 Å². The van der Waals surface area contributed by atoms with Crippen LogP contribution in [0.15, 0.2) is 71.6 Å². The quantitative estimate of drug-likeness (QED) is 0.544.